The van der Waals surface area contributed by atoms with Gasteiger partial charge in [0.1, 0.15) is 12.0 Å². The molecule has 0 saturated carbocycles. The van der Waals surface area contributed by atoms with Gasteiger partial charge in [-0.1, -0.05) is 13.8 Å². The third-order valence-corrected chi connectivity index (χ3v) is 3.54. The number of rotatable bonds is 0. The van der Waals surface area contributed by atoms with Gasteiger partial charge in [-0.25, -0.2) is 0 Å². The quantitative estimate of drug-likeness (QED) is 0.619. The highest BCUT2D eigenvalue weighted by molar-refractivity contribution is 5.08. The fourth-order valence-corrected chi connectivity index (χ4v) is 2.20. The molecule has 5 atom stereocenters. The predicted octanol–water partition coefficient (Wildman–Crippen LogP) is 0.657. The van der Waals surface area contributed by atoms with Gasteiger partial charge in [0.15, 0.2) is 6.29 Å². The minimum atomic E-state index is -0.998. The Balaban J connectivity index is 2.27. The van der Waals surface area contributed by atoms with Crippen molar-refractivity contribution in [3.8, 4) is 6.07 Å². The van der Waals surface area contributed by atoms with E-state index in [0.717, 1.165) is 0 Å². The fourth-order valence-electron chi connectivity index (χ4n) is 2.20. The molecule has 0 aromatic carbocycles. The van der Waals surface area contributed by atoms with Crippen molar-refractivity contribution in [2.45, 2.75) is 45.4 Å². The molecule has 2 aliphatic heterocycles. The van der Waals surface area contributed by atoms with Crippen LogP contribution in [0.3, 0.4) is 0 Å². The zero-order valence-electron chi connectivity index (χ0n) is 8.60. The summed E-state index contributed by atoms with van der Waals surface area (Å²) in [4.78, 5) is 0. The molecule has 2 fully saturated rings. The Bertz CT molecular complexity index is 284. The average molecular weight is 197 g/mol. The third-order valence-electron chi connectivity index (χ3n) is 3.54. The number of hydrogen-bond acceptors (Lipinski definition) is 4. The molecule has 2 rings (SSSR count). The van der Waals surface area contributed by atoms with Crippen LogP contribution < -0.4 is 0 Å². The molecule has 5 unspecified atom stereocenters. The number of hydrogen-bond donors (Lipinski definition) is 1. The van der Waals surface area contributed by atoms with E-state index in [4.69, 9.17) is 14.7 Å². The first-order chi connectivity index (χ1) is 6.48. The van der Waals surface area contributed by atoms with Crippen LogP contribution in [0.5, 0.6) is 0 Å². The van der Waals surface area contributed by atoms with Crippen molar-refractivity contribution in [3.63, 3.8) is 0 Å². The molecule has 0 amide bonds. The highest BCUT2D eigenvalue weighted by atomic mass is 16.7. The molecule has 2 saturated heterocycles. The summed E-state index contributed by atoms with van der Waals surface area (Å²) < 4.78 is 11.0. The van der Waals surface area contributed by atoms with Crippen LogP contribution in [-0.2, 0) is 9.47 Å². The molecule has 0 aromatic heterocycles. The summed E-state index contributed by atoms with van der Waals surface area (Å²) in [5.41, 5.74) is -0.142. The monoisotopic (exact) mass is 197 g/mol. The topological polar surface area (TPSA) is 62.5 Å². The molecule has 78 valence electrons. The fraction of sp³-hybridized carbons (Fsp3) is 0.900. The maximum Gasteiger partial charge on any atom is 0.173 e. The van der Waals surface area contributed by atoms with E-state index in [2.05, 4.69) is 0 Å². The van der Waals surface area contributed by atoms with E-state index in [1.807, 2.05) is 26.8 Å². The molecule has 0 bridgehead atoms. The molecule has 2 aliphatic rings. The van der Waals surface area contributed by atoms with E-state index < -0.39 is 12.2 Å². The number of ether oxygens (including phenoxy) is 2. The van der Waals surface area contributed by atoms with Gasteiger partial charge in [0.2, 0.25) is 0 Å². The second-order valence-corrected chi connectivity index (χ2v) is 4.67. The minimum Gasteiger partial charge on any atom is -0.370 e. The normalized spacial score (nSPS) is 50.1. The molecular weight excluding hydrogens is 182 g/mol. The molecule has 14 heavy (non-hydrogen) atoms. The maximum absolute atomic E-state index is 9.49. The lowest BCUT2D eigenvalue weighted by Crippen LogP contribution is -2.34. The summed E-state index contributed by atoms with van der Waals surface area (Å²) in [6.45, 7) is 6.05. The summed E-state index contributed by atoms with van der Waals surface area (Å²) in [5, 5.41) is 18.4. The van der Waals surface area contributed by atoms with Gasteiger partial charge in [-0.05, 0) is 6.92 Å². The number of aliphatic hydroxyl groups excluding tert-OH is 1. The van der Waals surface area contributed by atoms with Gasteiger partial charge in [-0.15, -0.1) is 0 Å². The maximum atomic E-state index is 9.49. The summed E-state index contributed by atoms with van der Waals surface area (Å²) in [6, 6.07) is 2.04. The van der Waals surface area contributed by atoms with Crippen LogP contribution in [-0.4, -0.2) is 29.7 Å². The van der Waals surface area contributed by atoms with Crippen molar-refractivity contribution in [1.82, 2.24) is 0 Å². The van der Waals surface area contributed by atoms with Gasteiger partial charge >= 0.3 is 0 Å². The lowest BCUT2D eigenvalue weighted by Gasteiger charge is -2.27. The van der Waals surface area contributed by atoms with Gasteiger partial charge in [0.05, 0.1) is 18.3 Å². The summed E-state index contributed by atoms with van der Waals surface area (Å²) in [5.74, 6) is -0.552. The molecule has 4 heteroatoms. The van der Waals surface area contributed by atoms with Crippen LogP contribution in [0.4, 0.5) is 0 Å². The molecule has 0 spiro atoms. The molecule has 2 heterocycles. The van der Waals surface area contributed by atoms with E-state index in [1.54, 1.807) is 0 Å². The first-order valence-electron chi connectivity index (χ1n) is 4.87. The Kier molecular flexibility index (Phi) is 2.07. The average Bonchev–Trinajstić information content (AvgIpc) is 2.51. The van der Waals surface area contributed by atoms with Crippen molar-refractivity contribution in [1.29, 1.82) is 5.26 Å². The van der Waals surface area contributed by atoms with Gasteiger partial charge in [-0.3, -0.25) is 0 Å². The summed E-state index contributed by atoms with van der Waals surface area (Å²) >= 11 is 0. The van der Waals surface area contributed by atoms with Crippen molar-refractivity contribution < 1.29 is 14.6 Å². The summed E-state index contributed by atoms with van der Waals surface area (Å²) in [7, 11) is 0. The largest absolute Gasteiger partial charge is 0.370 e. The zero-order chi connectivity index (χ0) is 10.5. The van der Waals surface area contributed by atoms with Gasteiger partial charge < -0.3 is 14.6 Å². The Labute approximate surface area is 83.4 Å². The number of fused-ring (bicyclic) bond motifs is 1. The van der Waals surface area contributed by atoms with Crippen molar-refractivity contribution in [2.24, 2.45) is 11.3 Å². The van der Waals surface area contributed by atoms with Crippen molar-refractivity contribution in [2.75, 3.05) is 0 Å². The number of nitriles is 1. The van der Waals surface area contributed by atoms with Crippen LogP contribution >= 0.6 is 0 Å². The zero-order valence-corrected chi connectivity index (χ0v) is 8.60. The molecule has 0 aromatic rings. The molecule has 1 N–H and O–H groups in total. The minimum absolute atomic E-state index is 0.0563. The van der Waals surface area contributed by atoms with Gasteiger partial charge in [0.25, 0.3) is 0 Å². The van der Waals surface area contributed by atoms with E-state index in [0.29, 0.717) is 0 Å². The van der Waals surface area contributed by atoms with E-state index >= 15 is 0 Å². The smallest absolute Gasteiger partial charge is 0.173 e. The molecule has 0 aliphatic carbocycles. The first kappa shape index (κ1) is 9.91. The van der Waals surface area contributed by atoms with Crippen LogP contribution in [0.15, 0.2) is 0 Å². The second kappa shape index (κ2) is 2.93. The van der Waals surface area contributed by atoms with Crippen molar-refractivity contribution >= 4 is 0 Å². The number of aliphatic hydroxyl groups is 1. The third kappa shape index (κ3) is 1.10. The SMILES string of the molecule is CC1OC2C(C#N)C(O)OC2C1(C)C. The van der Waals surface area contributed by atoms with E-state index in [-0.39, 0.29) is 23.7 Å². The van der Waals surface area contributed by atoms with Gasteiger partial charge in [-0.2, -0.15) is 5.26 Å². The predicted molar refractivity (Wildman–Crippen MR) is 48.1 cm³/mol. The molecule has 0 radical (unpaired) electrons. The van der Waals surface area contributed by atoms with E-state index in [9.17, 15) is 5.11 Å². The lowest BCUT2D eigenvalue weighted by molar-refractivity contribution is -0.130. The van der Waals surface area contributed by atoms with Gasteiger partial charge in [0, 0.05) is 5.41 Å². The van der Waals surface area contributed by atoms with Crippen LogP contribution in [0.1, 0.15) is 20.8 Å². The van der Waals surface area contributed by atoms with Crippen LogP contribution in [0, 0.1) is 22.7 Å². The molecule has 4 nitrogen and oxygen atoms in total. The standard InChI is InChI=1S/C10H15NO3/c1-5-10(2,3)8-7(13-5)6(4-11)9(12)14-8/h5-9,12H,1-3H3. The Morgan fingerprint density at radius 3 is 2.57 bits per heavy atom. The summed E-state index contributed by atoms with van der Waals surface area (Å²) in [6.07, 6.45) is -1.39. The number of nitrogens with zero attached hydrogens (tertiary/aromatic N) is 1. The highest BCUT2D eigenvalue weighted by Gasteiger charge is 2.58. The highest BCUT2D eigenvalue weighted by Crippen LogP contribution is 2.47. The van der Waals surface area contributed by atoms with Crippen LogP contribution in [0.25, 0.3) is 0 Å². The Morgan fingerprint density at radius 1 is 1.36 bits per heavy atom. The van der Waals surface area contributed by atoms with Crippen molar-refractivity contribution in [3.05, 3.63) is 0 Å². The Hall–Kier alpha value is -0.630. The second-order valence-electron chi connectivity index (χ2n) is 4.67. The Morgan fingerprint density at radius 2 is 2.00 bits per heavy atom. The lowest BCUT2D eigenvalue weighted by atomic mass is 9.81. The van der Waals surface area contributed by atoms with Crippen LogP contribution in [0.2, 0.25) is 0 Å². The molecular formula is C10H15NO3. The first-order valence-corrected chi connectivity index (χ1v) is 4.87. The van der Waals surface area contributed by atoms with E-state index in [1.165, 1.54) is 0 Å².